The predicted molar refractivity (Wildman–Crippen MR) is 123 cm³/mol. The Labute approximate surface area is 193 Å². The molecule has 162 valence electrons. The lowest BCUT2D eigenvalue weighted by Gasteiger charge is -2.12. The van der Waals surface area contributed by atoms with E-state index in [4.69, 9.17) is 20.8 Å². The second-order valence-corrected chi connectivity index (χ2v) is 8.13. The molecular formula is C23H17ClN2O5S. The summed E-state index contributed by atoms with van der Waals surface area (Å²) in [7, 11) is 1.53. The molecule has 1 fully saturated rings. The molecule has 1 aliphatic rings. The van der Waals surface area contributed by atoms with Crippen LogP contribution >= 0.6 is 23.4 Å². The van der Waals surface area contributed by atoms with Crippen LogP contribution < -0.4 is 10.1 Å². The van der Waals surface area contributed by atoms with Crippen LogP contribution in [-0.4, -0.2) is 35.6 Å². The summed E-state index contributed by atoms with van der Waals surface area (Å²) in [6, 6.07) is 17.5. The number of imide groups is 1. The van der Waals surface area contributed by atoms with Crippen molar-refractivity contribution < 1.29 is 23.5 Å². The molecule has 1 aromatic heterocycles. The van der Waals surface area contributed by atoms with E-state index in [0.717, 1.165) is 22.2 Å². The minimum absolute atomic E-state index is 0.177. The molecule has 0 spiro atoms. The van der Waals surface area contributed by atoms with Crippen molar-refractivity contribution in [3.05, 3.63) is 76.4 Å². The molecule has 2 heterocycles. The van der Waals surface area contributed by atoms with Gasteiger partial charge in [0.05, 0.1) is 17.0 Å². The van der Waals surface area contributed by atoms with E-state index in [2.05, 4.69) is 5.32 Å². The van der Waals surface area contributed by atoms with E-state index in [1.165, 1.54) is 13.2 Å². The van der Waals surface area contributed by atoms with Gasteiger partial charge in [0.25, 0.3) is 11.1 Å². The number of thioether (sulfide) groups is 1. The van der Waals surface area contributed by atoms with E-state index in [1.807, 2.05) is 6.07 Å². The standard InChI is InChI=1S/C23H17ClN2O5S/c1-30-19-9-7-14(11-17(19)24)18-10-8-16(31-18)12-20-22(28)26(23(29)32-20)13-21(27)25-15-5-3-2-4-6-15/h2-12H,13H2,1H3,(H,25,27)/b20-12-. The molecule has 3 aromatic rings. The first kappa shape index (κ1) is 21.7. The van der Waals surface area contributed by atoms with Gasteiger partial charge in [0, 0.05) is 17.3 Å². The van der Waals surface area contributed by atoms with Crippen LogP contribution in [0.4, 0.5) is 10.5 Å². The minimum atomic E-state index is -0.548. The molecule has 0 saturated carbocycles. The predicted octanol–water partition coefficient (Wildman–Crippen LogP) is 5.28. The molecule has 3 amide bonds. The Kier molecular flexibility index (Phi) is 6.34. The lowest BCUT2D eigenvalue weighted by molar-refractivity contribution is -0.127. The molecule has 0 radical (unpaired) electrons. The lowest BCUT2D eigenvalue weighted by Crippen LogP contribution is -2.36. The van der Waals surface area contributed by atoms with Crippen molar-refractivity contribution >= 4 is 52.2 Å². The van der Waals surface area contributed by atoms with Crippen LogP contribution in [0.15, 0.2) is 70.0 Å². The van der Waals surface area contributed by atoms with Gasteiger partial charge in [-0.25, -0.2) is 0 Å². The monoisotopic (exact) mass is 468 g/mol. The second-order valence-electron chi connectivity index (χ2n) is 6.73. The van der Waals surface area contributed by atoms with Gasteiger partial charge in [-0.15, -0.1) is 0 Å². The maximum atomic E-state index is 12.7. The Hall–Kier alpha value is -3.49. The molecule has 0 atom stereocenters. The zero-order chi connectivity index (χ0) is 22.7. The van der Waals surface area contributed by atoms with Crippen LogP contribution in [0.2, 0.25) is 5.02 Å². The normalized spacial score (nSPS) is 14.8. The van der Waals surface area contributed by atoms with E-state index >= 15 is 0 Å². The van der Waals surface area contributed by atoms with Crippen molar-refractivity contribution in [1.82, 2.24) is 4.90 Å². The molecule has 1 saturated heterocycles. The van der Waals surface area contributed by atoms with Gasteiger partial charge in [0.1, 0.15) is 23.8 Å². The minimum Gasteiger partial charge on any atom is -0.495 e. The van der Waals surface area contributed by atoms with Crippen molar-refractivity contribution in [2.45, 2.75) is 0 Å². The Balaban J connectivity index is 1.46. The Morgan fingerprint density at radius 3 is 2.66 bits per heavy atom. The SMILES string of the molecule is COc1ccc(-c2ccc(/C=C3\SC(=O)N(CC(=O)Nc4ccccc4)C3=O)o2)cc1Cl. The summed E-state index contributed by atoms with van der Waals surface area (Å²) in [4.78, 5) is 38.3. The maximum absolute atomic E-state index is 12.7. The smallest absolute Gasteiger partial charge is 0.294 e. The fourth-order valence-electron chi connectivity index (χ4n) is 3.04. The first-order chi connectivity index (χ1) is 15.4. The van der Waals surface area contributed by atoms with Crippen molar-refractivity contribution in [1.29, 1.82) is 0 Å². The van der Waals surface area contributed by atoms with E-state index in [-0.39, 0.29) is 11.4 Å². The van der Waals surface area contributed by atoms with Gasteiger partial charge in [0.2, 0.25) is 5.91 Å². The van der Waals surface area contributed by atoms with Crippen LogP contribution in [0.5, 0.6) is 5.75 Å². The number of amides is 3. The number of nitrogens with one attached hydrogen (secondary N) is 1. The third-order valence-electron chi connectivity index (χ3n) is 4.57. The first-order valence-corrected chi connectivity index (χ1v) is 10.7. The number of halogens is 1. The molecule has 0 unspecified atom stereocenters. The van der Waals surface area contributed by atoms with Crippen molar-refractivity contribution in [2.24, 2.45) is 0 Å². The van der Waals surface area contributed by atoms with E-state index in [0.29, 0.717) is 28.0 Å². The third kappa shape index (κ3) is 4.71. The highest BCUT2D eigenvalue weighted by atomic mass is 35.5. The Morgan fingerprint density at radius 2 is 1.94 bits per heavy atom. The summed E-state index contributed by atoms with van der Waals surface area (Å²) in [5, 5.41) is 2.58. The molecule has 0 bridgehead atoms. The van der Waals surface area contributed by atoms with Gasteiger partial charge in [-0.1, -0.05) is 29.8 Å². The quantitative estimate of drug-likeness (QED) is 0.495. The van der Waals surface area contributed by atoms with E-state index < -0.39 is 17.1 Å². The summed E-state index contributed by atoms with van der Waals surface area (Å²) in [5.74, 6) is 0.477. The number of hydrogen-bond donors (Lipinski definition) is 1. The highest BCUT2D eigenvalue weighted by Gasteiger charge is 2.36. The zero-order valence-electron chi connectivity index (χ0n) is 16.8. The first-order valence-electron chi connectivity index (χ1n) is 9.48. The number of ether oxygens (including phenoxy) is 1. The number of methoxy groups -OCH3 is 1. The maximum Gasteiger partial charge on any atom is 0.294 e. The van der Waals surface area contributed by atoms with Crippen LogP contribution in [0.3, 0.4) is 0 Å². The number of para-hydroxylation sites is 1. The number of carbonyl (C=O) groups excluding carboxylic acids is 3. The molecule has 7 nitrogen and oxygen atoms in total. The Bertz CT molecular complexity index is 1220. The molecular weight excluding hydrogens is 452 g/mol. The highest BCUT2D eigenvalue weighted by Crippen LogP contribution is 2.34. The third-order valence-corrected chi connectivity index (χ3v) is 5.77. The van der Waals surface area contributed by atoms with Gasteiger partial charge < -0.3 is 14.5 Å². The summed E-state index contributed by atoms with van der Waals surface area (Å²) >= 11 is 6.92. The van der Waals surface area contributed by atoms with Crippen LogP contribution in [-0.2, 0) is 9.59 Å². The number of anilines is 1. The van der Waals surface area contributed by atoms with E-state index in [1.54, 1.807) is 54.6 Å². The average Bonchev–Trinajstić information content (AvgIpc) is 3.35. The van der Waals surface area contributed by atoms with Crippen LogP contribution in [0, 0.1) is 0 Å². The number of furan rings is 1. The molecule has 1 aliphatic heterocycles. The fraction of sp³-hybridized carbons (Fsp3) is 0.0870. The second kappa shape index (κ2) is 9.33. The van der Waals surface area contributed by atoms with Crippen molar-refractivity contribution in [2.75, 3.05) is 19.0 Å². The summed E-state index contributed by atoms with van der Waals surface area (Å²) in [6.07, 6.45) is 1.48. The number of nitrogens with zero attached hydrogens (tertiary/aromatic N) is 1. The molecule has 1 N–H and O–H groups in total. The number of carbonyl (C=O) groups is 3. The Morgan fingerprint density at radius 1 is 1.16 bits per heavy atom. The molecule has 0 aliphatic carbocycles. The van der Waals surface area contributed by atoms with Crippen LogP contribution in [0.25, 0.3) is 17.4 Å². The van der Waals surface area contributed by atoms with Gasteiger partial charge in [0.15, 0.2) is 0 Å². The largest absolute Gasteiger partial charge is 0.495 e. The zero-order valence-corrected chi connectivity index (χ0v) is 18.4. The summed E-state index contributed by atoms with van der Waals surface area (Å²) in [5.41, 5.74) is 1.32. The fourth-order valence-corrected chi connectivity index (χ4v) is 4.11. The average molecular weight is 469 g/mol. The summed E-state index contributed by atoms with van der Waals surface area (Å²) < 4.78 is 10.9. The molecule has 4 rings (SSSR count). The van der Waals surface area contributed by atoms with Crippen molar-refractivity contribution in [3.63, 3.8) is 0 Å². The number of benzene rings is 2. The van der Waals surface area contributed by atoms with E-state index in [9.17, 15) is 14.4 Å². The molecule has 32 heavy (non-hydrogen) atoms. The summed E-state index contributed by atoms with van der Waals surface area (Å²) in [6.45, 7) is -0.370. The lowest BCUT2D eigenvalue weighted by atomic mass is 10.2. The van der Waals surface area contributed by atoms with Gasteiger partial charge in [-0.05, 0) is 54.2 Å². The number of rotatable bonds is 6. The number of hydrogen-bond acceptors (Lipinski definition) is 6. The topological polar surface area (TPSA) is 88.9 Å². The van der Waals surface area contributed by atoms with Crippen molar-refractivity contribution in [3.8, 4) is 17.1 Å². The van der Waals surface area contributed by atoms with Gasteiger partial charge in [-0.2, -0.15) is 0 Å². The molecule has 9 heteroatoms. The molecule has 2 aromatic carbocycles. The van der Waals surface area contributed by atoms with Gasteiger partial charge in [-0.3, -0.25) is 19.3 Å². The van der Waals surface area contributed by atoms with Crippen LogP contribution in [0.1, 0.15) is 5.76 Å². The highest BCUT2D eigenvalue weighted by molar-refractivity contribution is 8.18. The van der Waals surface area contributed by atoms with Gasteiger partial charge >= 0.3 is 0 Å².